The number of carboxylic acid groups (broad SMARTS) is 1. The summed E-state index contributed by atoms with van der Waals surface area (Å²) in [5.74, 6) is -3.25. The molecular formula is C24H29FN6O7. The van der Waals surface area contributed by atoms with Gasteiger partial charge in [0.1, 0.15) is 24.4 Å². The summed E-state index contributed by atoms with van der Waals surface area (Å²) in [5.41, 5.74) is 7.36. The van der Waals surface area contributed by atoms with Gasteiger partial charge in [-0.1, -0.05) is 5.16 Å². The minimum atomic E-state index is -1.40. The molecule has 1 unspecified atom stereocenters. The molecule has 1 aromatic heterocycles. The summed E-state index contributed by atoms with van der Waals surface area (Å²) in [6, 6.07) is 0.127. The van der Waals surface area contributed by atoms with Gasteiger partial charge in [0.05, 0.1) is 30.3 Å². The number of rotatable bonds is 7. The maximum atomic E-state index is 15.8. The summed E-state index contributed by atoms with van der Waals surface area (Å²) >= 11 is 0. The summed E-state index contributed by atoms with van der Waals surface area (Å²) in [7, 11) is 2.69. The number of hydrogen-bond donors (Lipinski definition) is 3. The van der Waals surface area contributed by atoms with Gasteiger partial charge in [0, 0.05) is 38.7 Å². The van der Waals surface area contributed by atoms with Gasteiger partial charge in [-0.2, -0.15) is 0 Å². The minimum Gasteiger partial charge on any atom is -0.492 e. The maximum absolute atomic E-state index is 15.8. The fraction of sp³-hybridized carbons (Fsp3) is 0.458. The summed E-state index contributed by atoms with van der Waals surface area (Å²) in [6.07, 6.45) is 3.06. The third-order valence-corrected chi connectivity index (χ3v) is 6.60. The van der Waals surface area contributed by atoms with Crippen LogP contribution in [0.25, 0.3) is 10.9 Å². The zero-order valence-corrected chi connectivity index (χ0v) is 21.2. The lowest BCUT2D eigenvalue weighted by Crippen LogP contribution is -2.61. The normalized spacial score (nSPS) is 18.4. The number of ether oxygens (including phenoxy) is 1. The molecule has 4 N–H and O–H groups in total. The van der Waals surface area contributed by atoms with Crippen molar-refractivity contribution in [2.24, 2.45) is 10.9 Å². The fourth-order valence-electron chi connectivity index (χ4n) is 4.76. The number of methoxy groups -OCH3 is 1. The molecule has 14 heteroatoms. The number of benzene rings is 1. The van der Waals surface area contributed by atoms with Crippen molar-refractivity contribution in [1.29, 1.82) is 0 Å². The van der Waals surface area contributed by atoms with Gasteiger partial charge in [0.2, 0.25) is 11.3 Å². The highest BCUT2D eigenvalue weighted by atomic mass is 19.1. The lowest BCUT2D eigenvalue weighted by atomic mass is 10.00. The van der Waals surface area contributed by atoms with Crippen LogP contribution in [0.3, 0.4) is 0 Å². The molecule has 1 aliphatic carbocycles. The third kappa shape index (κ3) is 4.86. The van der Waals surface area contributed by atoms with Crippen LogP contribution in [0.5, 0.6) is 5.75 Å². The van der Waals surface area contributed by atoms with Crippen LogP contribution in [0, 0.1) is 5.82 Å². The van der Waals surface area contributed by atoms with Gasteiger partial charge in [0.15, 0.2) is 11.6 Å². The average molecular weight is 533 g/mol. The molecule has 38 heavy (non-hydrogen) atoms. The molecule has 2 fully saturated rings. The van der Waals surface area contributed by atoms with E-state index in [4.69, 9.17) is 15.3 Å². The molecule has 2 aliphatic rings. The van der Waals surface area contributed by atoms with Crippen molar-refractivity contribution in [3.8, 4) is 5.75 Å². The van der Waals surface area contributed by atoms with Crippen molar-refractivity contribution >= 4 is 40.1 Å². The lowest BCUT2D eigenvalue weighted by molar-refractivity contribution is -0.140. The SMILES string of the molecule is CO/N=C1\CCN(c2c(F)cc3c(=O)c(C(=O)O)cn(C4CC4)c3c2OC)CC1N(NC(=O)CN)C(C)=O. The number of nitrogens with one attached hydrogen (secondary N) is 1. The molecule has 1 atom stereocenters. The molecule has 4 rings (SSSR count). The fourth-order valence-corrected chi connectivity index (χ4v) is 4.76. The maximum Gasteiger partial charge on any atom is 0.341 e. The second kappa shape index (κ2) is 10.7. The first kappa shape index (κ1) is 26.9. The standard InChI is InChI=1S/C24H29FN6O7/c1-12(32)31(27-19(33)9-26)18-11-29(7-6-17(18)28-38-3)21-16(25)8-14-20(23(21)37-2)30(13-4-5-13)10-15(22(14)34)24(35)36/h8,10,13,18H,4-7,9,11,26H2,1-3H3,(H,27,33)(H,35,36)/b28-17+. The molecule has 1 saturated carbocycles. The van der Waals surface area contributed by atoms with Gasteiger partial charge in [-0.15, -0.1) is 0 Å². The van der Waals surface area contributed by atoms with E-state index in [1.54, 1.807) is 9.47 Å². The molecule has 1 aromatic carbocycles. The number of halogens is 1. The highest BCUT2D eigenvalue weighted by molar-refractivity contribution is 5.99. The number of pyridine rings is 1. The van der Waals surface area contributed by atoms with Crippen molar-refractivity contribution in [2.45, 2.75) is 38.3 Å². The molecule has 13 nitrogen and oxygen atoms in total. The van der Waals surface area contributed by atoms with Gasteiger partial charge in [-0.05, 0) is 18.9 Å². The Labute approximate surface area is 216 Å². The topological polar surface area (TPSA) is 169 Å². The number of carbonyl (C=O) groups excluding carboxylic acids is 2. The van der Waals surface area contributed by atoms with Crippen molar-refractivity contribution in [3.63, 3.8) is 0 Å². The molecular weight excluding hydrogens is 503 g/mol. The second-order valence-electron chi connectivity index (χ2n) is 9.06. The van der Waals surface area contributed by atoms with Crippen molar-refractivity contribution < 1.29 is 33.5 Å². The number of anilines is 1. The van der Waals surface area contributed by atoms with Crippen LogP contribution < -0.4 is 26.2 Å². The number of amides is 2. The van der Waals surface area contributed by atoms with E-state index in [-0.39, 0.29) is 54.4 Å². The van der Waals surface area contributed by atoms with E-state index in [0.29, 0.717) is 5.71 Å². The molecule has 1 saturated heterocycles. The summed E-state index contributed by atoms with van der Waals surface area (Å²) in [4.78, 5) is 55.8. The number of carboxylic acids is 1. The molecule has 1 aliphatic heterocycles. The first-order chi connectivity index (χ1) is 18.1. The van der Waals surface area contributed by atoms with E-state index in [1.165, 1.54) is 27.3 Å². The number of nitrogens with zero attached hydrogens (tertiary/aromatic N) is 4. The van der Waals surface area contributed by atoms with Gasteiger partial charge >= 0.3 is 5.97 Å². The number of aromatic carboxylic acids is 1. The van der Waals surface area contributed by atoms with Gasteiger partial charge in [-0.3, -0.25) is 19.8 Å². The van der Waals surface area contributed by atoms with Crippen LogP contribution in [0.2, 0.25) is 0 Å². The Kier molecular flexibility index (Phi) is 7.53. The number of carbonyl (C=O) groups is 3. The Morgan fingerprint density at radius 2 is 2.03 bits per heavy atom. The van der Waals surface area contributed by atoms with Crippen LogP contribution in [-0.4, -0.2) is 78.1 Å². The Morgan fingerprint density at radius 3 is 2.58 bits per heavy atom. The summed E-state index contributed by atoms with van der Waals surface area (Å²) in [5, 5.41) is 14.5. The van der Waals surface area contributed by atoms with Crippen LogP contribution in [0.15, 0.2) is 22.2 Å². The number of nitrogens with two attached hydrogens (primary N) is 1. The number of oxime groups is 1. The van der Waals surface area contributed by atoms with Gasteiger partial charge in [-0.25, -0.2) is 14.2 Å². The Balaban J connectivity index is 1.87. The number of fused-ring (bicyclic) bond motifs is 1. The Hall–Kier alpha value is -4.20. The van der Waals surface area contributed by atoms with Crippen LogP contribution >= 0.6 is 0 Å². The molecule has 2 heterocycles. The second-order valence-corrected chi connectivity index (χ2v) is 9.06. The zero-order valence-electron chi connectivity index (χ0n) is 21.2. The molecule has 2 aromatic rings. The molecule has 204 valence electrons. The smallest absolute Gasteiger partial charge is 0.341 e. The summed E-state index contributed by atoms with van der Waals surface area (Å²) in [6.45, 7) is 1.13. The number of hydrogen-bond acceptors (Lipinski definition) is 9. The Morgan fingerprint density at radius 1 is 1.32 bits per heavy atom. The van der Waals surface area contributed by atoms with E-state index < -0.39 is 40.6 Å². The molecule has 0 bridgehead atoms. The highest BCUT2D eigenvalue weighted by Gasteiger charge is 2.37. The quantitative estimate of drug-likeness (QED) is 0.432. The van der Waals surface area contributed by atoms with E-state index in [0.717, 1.165) is 23.9 Å². The Bertz CT molecular complexity index is 1390. The highest BCUT2D eigenvalue weighted by Crippen LogP contribution is 2.44. The molecule has 0 spiro atoms. The largest absolute Gasteiger partial charge is 0.492 e. The van der Waals surface area contributed by atoms with Gasteiger partial charge < -0.3 is 29.9 Å². The number of aromatic nitrogens is 1. The van der Waals surface area contributed by atoms with E-state index in [1.807, 2.05) is 0 Å². The zero-order chi connectivity index (χ0) is 27.7. The van der Waals surface area contributed by atoms with Crippen molar-refractivity contribution in [2.75, 3.05) is 38.8 Å². The first-order valence-corrected chi connectivity index (χ1v) is 12.0. The third-order valence-electron chi connectivity index (χ3n) is 6.60. The first-order valence-electron chi connectivity index (χ1n) is 12.0. The number of piperidine rings is 1. The van der Waals surface area contributed by atoms with E-state index >= 15 is 4.39 Å². The average Bonchev–Trinajstić information content (AvgIpc) is 3.72. The predicted molar refractivity (Wildman–Crippen MR) is 135 cm³/mol. The minimum absolute atomic E-state index is 0.00766. The molecule has 0 radical (unpaired) electrons. The van der Waals surface area contributed by atoms with Crippen molar-refractivity contribution in [1.82, 2.24) is 15.0 Å². The lowest BCUT2D eigenvalue weighted by Gasteiger charge is -2.40. The number of hydrazine groups is 1. The van der Waals surface area contributed by atoms with Crippen LogP contribution in [-0.2, 0) is 14.4 Å². The monoisotopic (exact) mass is 532 g/mol. The summed E-state index contributed by atoms with van der Waals surface area (Å²) < 4.78 is 23.1. The van der Waals surface area contributed by atoms with E-state index in [9.17, 15) is 24.3 Å². The van der Waals surface area contributed by atoms with Crippen LogP contribution in [0.4, 0.5) is 10.1 Å². The molecule has 2 amide bonds. The van der Waals surface area contributed by atoms with Crippen LogP contribution in [0.1, 0.15) is 42.6 Å². The predicted octanol–water partition coefficient (Wildman–Crippen LogP) is 0.602. The van der Waals surface area contributed by atoms with Gasteiger partial charge in [0.25, 0.3) is 5.91 Å². The van der Waals surface area contributed by atoms with Crippen molar-refractivity contribution in [3.05, 3.63) is 33.9 Å². The van der Waals surface area contributed by atoms with E-state index in [2.05, 4.69) is 10.6 Å².